The van der Waals surface area contributed by atoms with Crippen LogP contribution in [0.25, 0.3) is 6.08 Å². The van der Waals surface area contributed by atoms with Crippen molar-refractivity contribution >= 4 is 64.3 Å². The molecule has 0 aliphatic rings. The number of Topliss-reactive ketones (excluding diaryl/α,β-unsaturated/α-hetero) is 1. The van der Waals surface area contributed by atoms with E-state index in [0.717, 1.165) is 4.90 Å². The van der Waals surface area contributed by atoms with E-state index in [-0.39, 0.29) is 17.4 Å². The van der Waals surface area contributed by atoms with Crippen LogP contribution in [0.1, 0.15) is 40.1 Å². The zero-order valence-corrected chi connectivity index (χ0v) is 24.5. The van der Waals surface area contributed by atoms with E-state index in [4.69, 9.17) is 11.6 Å². The van der Waals surface area contributed by atoms with Crippen molar-refractivity contribution in [3.8, 4) is 0 Å². The lowest BCUT2D eigenvalue weighted by atomic mass is 10.1. The lowest BCUT2D eigenvalue weighted by Crippen LogP contribution is -2.30. The third-order valence-electron chi connectivity index (χ3n) is 6.09. The molecule has 9 heteroatoms. The molecule has 0 aliphatic carbocycles. The van der Waals surface area contributed by atoms with Crippen LogP contribution in [-0.2, 0) is 9.59 Å². The highest BCUT2D eigenvalue weighted by atomic mass is 35.5. The summed E-state index contributed by atoms with van der Waals surface area (Å²) in [6, 6.07) is 29.4. The fourth-order valence-electron chi connectivity index (χ4n) is 3.80. The Kier molecular flexibility index (Phi) is 10.3. The molecule has 4 aromatic carbocycles. The van der Waals surface area contributed by atoms with Gasteiger partial charge in [0.1, 0.15) is 5.70 Å². The van der Waals surface area contributed by atoms with Gasteiger partial charge in [-0.3, -0.25) is 19.2 Å². The van der Waals surface area contributed by atoms with E-state index in [1.54, 1.807) is 110 Å². The van der Waals surface area contributed by atoms with Crippen molar-refractivity contribution in [2.75, 3.05) is 10.6 Å². The Morgan fingerprint density at radius 1 is 0.738 bits per heavy atom. The maximum Gasteiger partial charge on any atom is 0.272 e. The second-order valence-corrected chi connectivity index (χ2v) is 11.1. The molecule has 1 unspecified atom stereocenters. The van der Waals surface area contributed by atoms with Crippen molar-refractivity contribution < 1.29 is 19.2 Å². The minimum atomic E-state index is -0.525. The van der Waals surface area contributed by atoms with E-state index in [1.807, 2.05) is 0 Å². The van der Waals surface area contributed by atoms with Gasteiger partial charge in [-0.15, -0.1) is 11.8 Å². The SMILES string of the molecule is CC(=O)c1ccc(NC(=O)C(C)Sc2ccc(NC(=O)/C(=C/c3ccccc3Cl)NC(=O)c3ccccc3)cc2)cc1. The summed E-state index contributed by atoms with van der Waals surface area (Å²) in [5.74, 6) is -1.18. The van der Waals surface area contributed by atoms with E-state index in [1.165, 1.54) is 24.8 Å². The number of benzene rings is 4. The van der Waals surface area contributed by atoms with Crippen molar-refractivity contribution in [2.24, 2.45) is 0 Å². The molecule has 0 spiro atoms. The first-order valence-corrected chi connectivity index (χ1v) is 14.3. The monoisotopic (exact) mass is 597 g/mol. The third kappa shape index (κ3) is 8.42. The summed E-state index contributed by atoms with van der Waals surface area (Å²) >= 11 is 7.66. The van der Waals surface area contributed by atoms with Crippen molar-refractivity contribution in [3.05, 3.63) is 131 Å². The van der Waals surface area contributed by atoms with Gasteiger partial charge >= 0.3 is 0 Å². The standard InChI is InChI=1S/C33H28ClN3O4S/c1-21(38)23-12-14-26(15-13-23)35-31(39)22(2)42-28-18-16-27(17-19-28)36-33(41)30(20-25-10-6-7-11-29(25)34)37-32(40)24-8-4-3-5-9-24/h3-20,22H,1-2H3,(H,35,39)(H,36,41)(H,37,40)/b30-20-. The molecule has 3 N–H and O–H groups in total. The molecule has 0 fully saturated rings. The molecule has 0 aliphatic heterocycles. The fourth-order valence-corrected chi connectivity index (χ4v) is 4.85. The number of hydrogen-bond acceptors (Lipinski definition) is 5. The predicted molar refractivity (Wildman–Crippen MR) is 169 cm³/mol. The number of hydrogen-bond donors (Lipinski definition) is 3. The summed E-state index contributed by atoms with van der Waals surface area (Å²) in [5, 5.41) is 8.38. The van der Waals surface area contributed by atoms with Crippen LogP contribution in [0.2, 0.25) is 5.02 Å². The number of carbonyl (C=O) groups excluding carboxylic acids is 4. The second-order valence-electron chi connectivity index (χ2n) is 9.26. The summed E-state index contributed by atoms with van der Waals surface area (Å²) in [7, 11) is 0. The summed E-state index contributed by atoms with van der Waals surface area (Å²) in [5.41, 5.74) is 2.70. The molecule has 0 radical (unpaired) electrons. The van der Waals surface area contributed by atoms with Crippen molar-refractivity contribution in [1.29, 1.82) is 0 Å². The number of carbonyl (C=O) groups is 4. The Labute approximate surface area is 253 Å². The zero-order chi connectivity index (χ0) is 30.1. The highest BCUT2D eigenvalue weighted by Crippen LogP contribution is 2.26. The number of anilines is 2. The molecule has 212 valence electrons. The first-order valence-electron chi connectivity index (χ1n) is 13.0. The van der Waals surface area contributed by atoms with Gasteiger partial charge in [-0.1, -0.05) is 48.0 Å². The second kappa shape index (κ2) is 14.3. The van der Waals surface area contributed by atoms with Crippen LogP contribution < -0.4 is 16.0 Å². The Hall–Kier alpha value is -4.66. The summed E-state index contributed by atoms with van der Waals surface area (Å²) < 4.78 is 0. The van der Waals surface area contributed by atoms with Gasteiger partial charge < -0.3 is 16.0 Å². The van der Waals surface area contributed by atoms with E-state index >= 15 is 0 Å². The molecule has 0 bridgehead atoms. The largest absolute Gasteiger partial charge is 0.325 e. The number of thioether (sulfide) groups is 1. The van der Waals surface area contributed by atoms with Gasteiger partial charge in [0.2, 0.25) is 5.91 Å². The highest BCUT2D eigenvalue weighted by molar-refractivity contribution is 8.00. The number of amides is 3. The quantitative estimate of drug-likeness (QED) is 0.103. The van der Waals surface area contributed by atoms with Crippen molar-refractivity contribution in [2.45, 2.75) is 24.0 Å². The van der Waals surface area contributed by atoms with Gasteiger partial charge in [-0.05, 0) is 92.2 Å². The molecule has 0 heterocycles. The number of halogens is 1. The molecule has 0 aromatic heterocycles. The van der Waals surface area contributed by atoms with E-state index in [9.17, 15) is 19.2 Å². The smallest absolute Gasteiger partial charge is 0.272 e. The molecule has 7 nitrogen and oxygen atoms in total. The molecule has 0 saturated carbocycles. The first kappa shape index (κ1) is 30.3. The maximum absolute atomic E-state index is 13.3. The number of ketones is 1. The van der Waals surface area contributed by atoms with Crippen LogP contribution >= 0.6 is 23.4 Å². The summed E-state index contributed by atoms with van der Waals surface area (Å²) in [4.78, 5) is 51.1. The Morgan fingerprint density at radius 3 is 1.98 bits per heavy atom. The number of rotatable bonds is 10. The Morgan fingerprint density at radius 2 is 1.33 bits per heavy atom. The van der Waals surface area contributed by atoms with Crippen LogP contribution in [0.5, 0.6) is 0 Å². The molecule has 0 saturated heterocycles. The van der Waals surface area contributed by atoms with Crippen LogP contribution in [0.15, 0.2) is 114 Å². The molecule has 4 aromatic rings. The molecule has 3 amide bonds. The normalized spacial score (nSPS) is 11.7. The molecular formula is C33H28ClN3O4S. The van der Waals surface area contributed by atoms with Crippen molar-refractivity contribution in [3.63, 3.8) is 0 Å². The molecule has 4 rings (SSSR count). The maximum atomic E-state index is 13.3. The minimum Gasteiger partial charge on any atom is -0.325 e. The molecule has 42 heavy (non-hydrogen) atoms. The molecule has 1 atom stereocenters. The Bertz CT molecular complexity index is 1620. The van der Waals surface area contributed by atoms with Gasteiger partial charge in [0, 0.05) is 32.4 Å². The van der Waals surface area contributed by atoms with Gasteiger partial charge in [-0.2, -0.15) is 0 Å². The predicted octanol–water partition coefficient (Wildman–Crippen LogP) is 7.07. The number of nitrogens with one attached hydrogen (secondary N) is 3. The van der Waals surface area contributed by atoms with Crippen LogP contribution in [0, 0.1) is 0 Å². The van der Waals surface area contributed by atoms with E-state index in [0.29, 0.717) is 33.1 Å². The lowest BCUT2D eigenvalue weighted by Gasteiger charge is -2.14. The lowest BCUT2D eigenvalue weighted by molar-refractivity contribution is -0.115. The minimum absolute atomic E-state index is 0.0250. The third-order valence-corrected chi connectivity index (χ3v) is 7.54. The van der Waals surface area contributed by atoms with Crippen LogP contribution in [-0.4, -0.2) is 28.8 Å². The zero-order valence-electron chi connectivity index (χ0n) is 22.9. The van der Waals surface area contributed by atoms with Gasteiger partial charge in [-0.25, -0.2) is 0 Å². The summed E-state index contributed by atoms with van der Waals surface area (Å²) in [6.07, 6.45) is 1.52. The van der Waals surface area contributed by atoms with Crippen LogP contribution in [0.4, 0.5) is 11.4 Å². The average Bonchev–Trinajstić information content (AvgIpc) is 2.99. The average molecular weight is 598 g/mol. The van der Waals surface area contributed by atoms with E-state index < -0.39 is 17.1 Å². The fraction of sp³-hybridized carbons (Fsp3) is 0.0909. The van der Waals surface area contributed by atoms with Gasteiger partial charge in [0.05, 0.1) is 5.25 Å². The molecular weight excluding hydrogens is 570 g/mol. The van der Waals surface area contributed by atoms with E-state index in [2.05, 4.69) is 16.0 Å². The van der Waals surface area contributed by atoms with Gasteiger partial charge in [0.15, 0.2) is 5.78 Å². The van der Waals surface area contributed by atoms with Gasteiger partial charge in [0.25, 0.3) is 11.8 Å². The summed E-state index contributed by atoms with van der Waals surface area (Å²) in [6.45, 7) is 3.28. The van der Waals surface area contributed by atoms with Crippen LogP contribution in [0.3, 0.4) is 0 Å². The topological polar surface area (TPSA) is 104 Å². The van der Waals surface area contributed by atoms with Crippen molar-refractivity contribution in [1.82, 2.24) is 5.32 Å². The Balaban J connectivity index is 1.41. The highest BCUT2D eigenvalue weighted by Gasteiger charge is 2.17. The first-order chi connectivity index (χ1) is 20.2.